The van der Waals surface area contributed by atoms with Crippen molar-refractivity contribution in [2.45, 2.75) is 45.1 Å². The lowest BCUT2D eigenvalue weighted by Gasteiger charge is -2.19. The van der Waals surface area contributed by atoms with Crippen LogP contribution in [0, 0.1) is 0 Å². The van der Waals surface area contributed by atoms with Gasteiger partial charge in [-0.2, -0.15) is 0 Å². The van der Waals surface area contributed by atoms with E-state index in [2.05, 4.69) is 27.1 Å². The molecule has 102 valence electrons. The van der Waals surface area contributed by atoms with E-state index in [0.717, 1.165) is 13.0 Å². The fourth-order valence-corrected chi connectivity index (χ4v) is 2.73. The van der Waals surface area contributed by atoms with Gasteiger partial charge in [0.2, 0.25) is 0 Å². The molecule has 1 saturated heterocycles. The predicted octanol–water partition coefficient (Wildman–Crippen LogP) is 1.81. The summed E-state index contributed by atoms with van der Waals surface area (Å²) in [6.45, 7) is 7.13. The summed E-state index contributed by atoms with van der Waals surface area (Å²) in [5.74, 6) is 0. The quantitative estimate of drug-likeness (QED) is 0.809. The van der Waals surface area contributed by atoms with Crippen LogP contribution in [0.25, 0.3) is 0 Å². The minimum Gasteiger partial charge on any atom is -0.348 e. The van der Waals surface area contributed by atoms with Crippen molar-refractivity contribution in [2.24, 2.45) is 0 Å². The number of nitrogens with one attached hydrogen (secondary N) is 2. The van der Waals surface area contributed by atoms with E-state index in [4.69, 9.17) is 0 Å². The van der Waals surface area contributed by atoms with Gasteiger partial charge in [0.05, 0.1) is 6.33 Å². The predicted molar refractivity (Wildman–Crippen MR) is 74.7 cm³/mol. The van der Waals surface area contributed by atoms with Crippen LogP contribution in [0.1, 0.15) is 38.3 Å². The van der Waals surface area contributed by atoms with Crippen LogP contribution in [0.4, 0.5) is 0 Å². The monoisotopic (exact) mass is 250 g/mol. The molecule has 0 spiro atoms. The van der Waals surface area contributed by atoms with E-state index in [1.165, 1.54) is 51.0 Å². The summed E-state index contributed by atoms with van der Waals surface area (Å²) in [6, 6.07) is 0.703. The molecule has 2 N–H and O–H groups in total. The Balaban J connectivity index is 1.64. The first-order valence-electron chi connectivity index (χ1n) is 7.31. The molecular formula is C14H26N4. The van der Waals surface area contributed by atoms with Crippen LogP contribution in [0.2, 0.25) is 0 Å². The van der Waals surface area contributed by atoms with Crippen molar-refractivity contribution in [1.82, 2.24) is 20.2 Å². The smallest absolute Gasteiger partial charge is 0.0921 e. The lowest BCUT2D eigenvalue weighted by atomic mass is 10.1. The van der Waals surface area contributed by atoms with Gasteiger partial charge >= 0.3 is 0 Å². The average molecular weight is 250 g/mol. The normalized spacial score (nSPS) is 21.9. The fourth-order valence-electron chi connectivity index (χ4n) is 2.73. The summed E-state index contributed by atoms with van der Waals surface area (Å²) in [7, 11) is 0. The highest BCUT2D eigenvalue weighted by Gasteiger charge is 2.15. The third kappa shape index (κ3) is 4.42. The van der Waals surface area contributed by atoms with Crippen molar-refractivity contribution in [2.75, 3.05) is 26.2 Å². The Morgan fingerprint density at radius 3 is 3.17 bits per heavy atom. The molecular weight excluding hydrogens is 224 g/mol. The molecule has 0 amide bonds. The molecule has 1 fully saturated rings. The van der Waals surface area contributed by atoms with Crippen molar-refractivity contribution >= 4 is 0 Å². The minimum absolute atomic E-state index is 0.703. The van der Waals surface area contributed by atoms with Crippen LogP contribution in [0.3, 0.4) is 0 Å². The van der Waals surface area contributed by atoms with Crippen molar-refractivity contribution in [3.8, 4) is 0 Å². The molecule has 1 unspecified atom stereocenters. The summed E-state index contributed by atoms with van der Waals surface area (Å²) in [5, 5.41) is 3.69. The van der Waals surface area contributed by atoms with Crippen LogP contribution in [-0.4, -0.2) is 47.1 Å². The number of aromatic amines is 1. The Morgan fingerprint density at radius 2 is 2.39 bits per heavy atom. The summed E-state index contributed by atoms with van der Waals surface area (Å²) < 4.78 is 0. The van der Waals surface area contributed by atoms with Gasteiger partial charge in [0.25, 0.3) is 0 Å². The van der Waals surface area contributed by atoms with E-state index in [1.54, 1.807) is 6.33 Å². The molecule has 0 aliphatic carbocycles. The van der Waals surface area contributed by atoms with Crippen LogP contribution < -0.4 is 5.32 Å². The molecule has 1 aliphatic rings. The lowest BCUT2D eigenvalue weighted by molar-refractivity contribution is 0.283. The van der Waals surface area contributed by atoms with Crippen molar-refractivity contribution in [3.05, 3.63) is 18.2 Å². The summed E-state index contributed by atoms with van der Waals surface area (Å²) in [6.07, 6.45) is 9.95. The molecule has 1 aromatic heterocycles. The Labute approximate surface area is 110 Å². The standard InChI is InChI=1S/C14H26N4/c1-2-8-18-9-3-4-13(6-10-18)16-7-5-14-11-15-12-17-14/h11-13,16H,2-10H2,1H3,(H,15,17). The first-order valence-corrected chi connectivity index (χ1v) is 7.31. The minimum atomic E-state index is 0.703. The van der Waals surface area contributed by atoms with E-state index in [-0.39, 0.29) is 0 Å². The molecule has 1 atom stereocenters. The number of H-pyrrole nitrogens is 1. The zero-order valence-corrected chi connectivity index (χ0v) is 11.5. The molecule has 0 saturated carbocycles. The number of likely N-dealkylation sites (tertiary alicyclic amines) is 1. The van der Waals surface area contributed by atoms with Gasteiger partial charge in [0.1, 0.15) is 0 Å². The van der Waals surface area contributed by atoms with E-state index < -0.39 is 0 Å². The average Bonchev–Trinajstić information content (AvgIpc) is 2.78. The first-order chi connectivity index (χ1) is 8.88. The van der Waals surface area contributed by atoms with Crippen LogP contribution in [0.15, 0.2) is 12.5 Å². The third-order valence-corrected chi connectivity index (χ3v) is 3.74. The molecule has 2 rings (SSSR count). The van der Waals surface area contributed by atoms with E-state index in [0.29, 0.717) is 6.04 Å². The van der Waals surface area contributed by atoms with Crippen molar-refractivity contribution in [3.63, 3.8) is 0 Å². The van der Waals surface area contributed by atoms with E-state index >= 15 is 0 Å². The number of hydrogen-bond donors (Lipinski definition) is 2. The highest BCUT2D eigenvalue weighted by molar-refractivity contribution is 4.94. The van der Waals surface area contributed by atoms with Gasteiger partial charge in [-0.3, -0.25) is 0 Å². The van der Waals surface area contributed by atoms with E-state index in [1.807, 2.05) is 6.20 Å². The zero-order valence-electron chi connectivity index (χ0n) is 11.5. The summed E-state index contributed by atoms with van der Waals surface area (Å²) >= 11 is 0. The Morgan fingerprint density at radius 1 is 1.44 bits per heavy atom. The third-order valence-electron chi connectivity index (χ3n) is 3.74. The van der Waals surface area contributed by atoms with Gasteiger partial charge in [-0.1, -0.05) is 6.92 Å². The van der Waals surface area contributed by atoms with Gasteiger partial charge in [-0.05, 0) is 45.3 Å². The molecule has 1 aliphatic heterocycles. The van der Waals surface area contributed by atoms with Crippen molar-refractivity contribution < 1.29 is 0 Å². The second-order valence-corrected chi connectivity index (χ2v) is 5.25. The maximum absolute atomic E-state index is 4.04. The van der Waals surface area contributed by atoms with Crippen molar-refractivity contribution in [1.29, 1.82) is 0 Å². The molecule has 4 nitrogen and oxygen atoms in total. The Hall–Kier alpha value is -0.870. The van der Waals surface area contributed by atoms with Gasteiger partial charge in [0.15, 0.2) is 0 Å². The number of nitrogens with zero attached hydrogens (tertiary/aromatic N) is 2. The highest BCUT2D eigenvalue weighted by Crippen LogP contribution is 2.11. The number of rotatable bonds is 6. The van der Waals surface area contributed by atoms with E-state index in [9.17, 15) is 0 Å². The van der Waals surface area contributed by atoms with Gasteiger partial charge in [0, 0.05) is 30.9 Å². The highest BCUT2D eigenvalue weighted by atomic mass is 15.1. The van der Waals surface area contributed by atoms with Gasteiger partial charge in [-0.25, -0.2) is 4.98 Å². The molecule has 2 heterocycles. The lowest BCUT2D eigenvalue weighted by Crippen LogP contribution is -2.32. The van der Waals surface area contributed by atoms with Crippen LogP contribution >= 0.6 is 0 Å². The molecule has 0 radical (unpaired) electrons. The number of hydrogen-bond acceptors (Lipinski definition) is 3. The maximum Gasteiger partial charge on any atom is 0.0921 e. The van der Waals surface area contributed by atoms with Crippen LogP contribution in [-0.2, 0) is 6.42 Å². The zero-order chi connectivity index (χ0) is 12.6. The maximum atomic E-state index is 4.04. The number of imidazole rings is 1. The largest absolute Gasteiger partial charge is 0.348 e. The summed E-state index contributed by atoms with van der Waals surface area (Å²) in [5.41, 5.74) is 1.23. The topological polar surface area (TPSA) is 44.0 Å². The Bertz CT molecular complexity index is 310. The summed E-state index contributed by atoms with van der Waals surface area (Å²) in [4.78, 5) is 9.80. The van der Waals surface area contributed by atoms with Crippen LogP contribution in [0.5, 0.6) is 0 Å². The molecule has 0 aromatic carbocycles. The second-order valence-electron chi connectivity index (χ2n) is 5.25. The molecule has 0 bridgehead atoms. The first kappa shape index (κ1) is 13.6. The Kier molecular flexibility index (Phi) is 5.68. The molecule has 4 heteroatoms. The SMILES string of the molecule is CCCN1CCCC(NCCc2cnc[nH]2)CC1. The van der Waals surface area contributed by atoms with Gasteiger partial charge < -0.3 is 15.2 Å². The second kappa shape index (κ2) is 7.54. The fraction of sp³-hybridized carbons (Fsp3) is 0.786. The number of aromatic nitrogens is 2. The molecule has 1 aromatic rings. The molecule has 18 heavy (non-hydrogen) atoms. The van der Waals surface area contributed by atoms with Gasteiger partial charge in [-0.15, -0.1) is 0 Å².